The minimum atomic E-state index is -0.672. The molecule has 1 aromatic heterocycles. The third-order valence-corrected chi connectivity index (χ3v) is 12.3. The summed E-state index contributed by atoms with van der Waals surface area (Å²) < 4.78 is 14.7. The second-order valence-electron chi connectivity index (χ2n) is 16.7. The number of imidazole rings is 1. The van der Waals surface area contributed by atoms with Crippen molar-refractivity contribution >= 4 is 51.7 Å². The number of carbonyl (C=O) groups excluding carboxylic acids is 3. The number of piperidine rings is 2. The Kier molecular flexibility index (Phi) is 13.8. The molecule has 0 spiro atoms. The van der Waals surface area contributed by atoms with Crippen LogP contribution in [-0.4, -0.2) is 78.2 Å². The molecular weight excluding hydrogens is 792 g/mol. The highest BCUT2D eigenvalue weighted by atomic mass is 35.5. The summed E-state index contributed by atoms with van der Waals surface area (Å²) in [6.07, 6.45) is 5.14. The van der Waals surface area contributed by atoms with Crippen LogP contribution >= 0.6 is 11.6 Å². The van der Waals surface area contributed by atoms with Crippen LogP contribution in [0.3, 0.4) is 0 Å². The summed E-state index contributed by atoms with van der Waals surface area (Å²) in [5.74, 6) is 1.34. The lowest BCUT2D eigenvalue weighted by molar-refractivity contribution is -0.135. The summed E-state index contributed by atoms with van der Waals surface area (Å²) in [6, 6.07) is 27.1. The van der Waals surface area contributed by atoms with Crippen molar-refractivity contribution in [2.45, 2.75) is 77.5 Å². The van der Waals surface area contributed by atoms with Gasteiger partial charge in [0.05, 0.1) is 37.2 Å². The van der Waals surface area contributed by atoms with Crippen molar-refractivity contribution in [3.63, 3.8) is 0 Å². The third-order valence-electron chi connectivity index (χ3n) is 12.0. The number of anilines is 2. The molecule has 4 heterocycles. The number of carbonyl (C=O) groups is 3. The number of imide groups is 1. The van der Waals surface area contributed by atoms with Crippen LogP contribution in [0.15, 0.2) is 89.7 Å². The summed E-state index contributed by atoms with van der Waals surface area (Å²) >= 11 is 5.54. The average Bonchev–Trinajstić information content (AvgIpc) is 3.49. The van der Waals surface area contributed by atoms with Crippen molar-refractivity contribution in [3.8, 4) is 11.5 Å². The fourth-order valence-corrected chi connectivity index (χ4v) is 8.85. The van der Waals surface area contributed by atoms with Gasteiger partial charge in [0.25, 0.3) is 0 Å². The van der Waals surface area contributed by atoms with Crippen LogP contribution in [0.4, 0.5) is 11.4 Å². The molecular formula is C48H57ClN6O6. The normalized spacial score (nSPS) is 17.2. The molecule has 12 nitrogen and oxygen atoms in total. The van der Waals surface area contributed by atoms with E-state index in [-0.39, 0.29) is 30.0 Å². The van der Waals surface area contributed by atoms with E-state index >= 15 is 0 Å². The average molecular weight is 849 g/mol. The molecule has 61 heavy (non-hydrogen) atoms. The standard InChI is InChI=1S/C42H52N6O6.C6H5Cl/c1-27(2)54-38-23-31-26-47(40(50)24-30(31)22-37(38)53-5)33-11-9-32(10-12-33)44(3)25-29-16-19-46(20-17-29)18-6-7-28-8-13-34-36(21-28)45(4)42(52)48(34)35-14-15-39(49)43-41(35)51;7-6-4-2-1-3-5-6/h8-13,21-23,27,29,35H,6-7,14-20,24-26H2,1-5H3,(H,43,49,51);1-5H. The SMILES string of the molecule is COc1cc2c(cc1OC(C)C)CN(c1ccc(N(C)CC3CCN(CCCc4ccc5c(c4)n(C)c(=O)n5C4CCC(=O)NC4=O)CC3)cc1)C(=O)C2.Clc1ccccc1. The maximum absolute atomic E-state index is 13.2. The van der Waals surface area contributed by atoms with Crippen molar-refractivity contribution < 1.29 is 23.9 Å². The molecule has 1 N–H and O–H groups in total. The number of ether oxygens (including phenoxy) is 2. The Bertz CT molecular complexity index is 2400. The van der Waals surface area contributed by atoms with Gasteiger partial charge in [-0.25, -0.2) is 4.79 Å². The Morgan fingerprint density at radius 3 is 2.25 bits per heavy atom. The number of amides is 3. The largest absolute Gasteiger partial charge is 0.493 e. The number of nitrogens with zero attached hydrogens (tertiary/aromatic N) is 5. The van der Waals surface area contributed by atoms with Crippen molar-refractivity contribution in [2.75, 3.05) is 50.1 Å². The van der Waals surface area contributed by atoms with Gasteiger partial charge in [0.15, 0.2) is 11.5 Å². The van der Waals surface area contributed by atoms with Crippen molar-refractivity contribution in [1.29, 1.82) is 0 Å². The Labute approximate surface area is 363 Å². The summed E-state index contributed by atoms with van der Waals surface area (Å²) in [4.78, 5) is 57.2. The Morgan fingerprint density at radius 2 is 1.59 bits per heavy atom. The maximum atomic E-state index is 13.2. The maximum Gasteiger partial charge on any atom is 0.329 e. The Balaban J connectivity index is 0.000000729. The van der Waals surface area contributed by atoms with E-state index in [2.05, 4.69) is 58.6 Å². The van der Waals surface area contributed by atoms with E-state index in [1.807, 2.05) is 67.3 Å². The second-order valence-corrected chi connectivity index (χ2v) is 17.1. The van der Waals surface area contributed by atoms with E-state index < -0.39 is 11.9 Å². The van der Waals surface area contributed by atoms with Gasteiger partial charge in [0.2, 0.25) is 17.7 Å². The van der Waals surface area contributed by atoms with Gasteiger partial charge < -0.3 is 24.2 Å². The molecule has 2 saturated heterocycles. The molecule has 8 rings (SSSR count). The zero-order valence-electron chi connectivity index (χ0n) is 35.9. The molecule has 2 fully saturated rings. The number of rotatable bonds is 12. The molecule has 3 amide bonds. The number of aromatic nitrogens is 2. The van der Waals surface area contributed by atoms with Gasteiger partial charge in [-0.15, -0.1) is 0 Å². The Morgan fingerprint density at radius 1 is 0.869 bits per heavy atom. The van der Waals surface area contributed by atoms with Crippen molar-refractivity contribution in [2.24, 2.45) is 13.0 Å². The molecule has 3 aliphatic rings. The lowest BCUT2D eigenvalue weighted by Crippen LogP contribution is -2.44. The summed E-state index contributed by atoms with van der Waals surface area (Å²) in [6.45, 7) is 8.65. The minimum absolute atomic E-state index is 0.0193. The molecule has 5 aromatic rings. The van der Waals surface area contributed by atoms with Crippen LogP contribution in [0, 0.1) is 5.92 Å². The lowest BCUT2D eigenvalue weighted by Gasteiger charge is -2.34. The van der Waals surface area contributed by atoms with Gasteiger partial charge in [-0.05, 0) is 149 Å². The first-order valence-corrected chi connectivity index (χ1v) is 21.7. The van der Waals surface area contributed by atoms with E-state index in [1.165, 1.54) is 10.1 Å². The van der Waals surface area contributed by atoms with Gasteiger partial charge in [0.1, 0.15) is 6.04 Å². The highest BCUT2D eigenvalue weighted by Gasteiger charge is 2.31. The van der Waals surface area contributed by atoms with Crippen LogP contribution in [0.25, 0.3) is 11.0 Å². The first-order valence-electron chi connectivity index (χ1n) is 21.3. The zero-order valence-corrected chi connectivity index (χ0v) is 36.6. The number of halogens is 1. The number of hydrogen-bond acceptors (Lipinski definition) is 8. The molecule has 4 aromatic carbocycles. The van der Waals surface area contributed by atoms with Gasteiger partial charge >= 0.3 is 5.69 Å². The number of benzene rings is 4. The molecule has 0 saturated carbocycles. The zero-order chi connectivity index (χ0) is 43.2. The molecule has 13 heteroatoms. The Hall–Kier alpha value is -5.59. The van der Waals surface area contributed by atoms with Crippen molar-refractivity contribution in [1.82, 2.24) is 19.4 Å². The van der Waals surface area contributed by atoms with Gasteiger partial charge in [-0.1, -0.05) is 35.9 Å². The van der Waals surface area contributed by atoms with E-state index in [9.17, 15) is 19.2 Å². The summed E-state index contributed by atoms with van der Waals surface area (Å²) in [7, 11) is 5.52. The molecule has 0 bridgehead atoms. The highest BCUT2D eigenvalue weighted by molar-refractivity contribution is 6.30. The van der Waals surface area contributed by atoms with E-state index in [0.29, 0.717) is 36.8 Å². The fourth-order valence-electron chi connectivity index (χ4n) is 8.70. The first kappa shape index (κ1) is 43.5. The lowest BCUT2D eigenvalue weighted by atomic mass is 9.95. The number of fused-ring (bicyclic) bond motifs is 2. The number of methoxy groups -OCH3 is 1. The van der Waals surface area contributed by atoms with Crippen LogP contribution in [-0.2, 0) is 40.8 Å². The quantitative estimate of drug-likeness (QED) is 0.130. The molecule has 1 unspecified atom stereocenters. The number of hydrogen-bond donors (Lipinski definition) is 1. The van der Waals surface area contributed by atoms with Crippen LogP contribution in [0.1, 0.15) is 68.7 Å². The number of aryl methyl sites for hydroxylation is 2. The van der Waals surface area contributed by atoms with E-state index in [0.717, 1.165) is 90.4 Å². The van der Waals surface area contributed by atoms with Gasteiger partial charge in [-0.2, -0.15) is 0 Å². The van der Waals surface area contributed by atoms with Crippen LogP contribution in [0.5, 0.6) is 11.5 Å². The number of likely N-dealkylation sites (tertiary alicyclic amines) is 1. The number of nitrogens with one attached hydrogen (secondary N) is 1. The topological polar surface area (TPSA) is 118 Å². The fraction of sp³-hybridized carbons (Fsp3) is 0.417. The molecule has 1 atom stereocenters. The summed E-state index contributed by atoms with van der Waals surface area (Å²) in [5, 5.41) is 3.17. The molecule has 322 valence electrons. The first-order chi connectivity index (χ1) is 29.4. The summed E-state index contributed by atoms with van der Waals surface area (Å²) in [5.41, 5.74) is 6.56. The van der Waals surface area contributed by atoms with Gasteiger partial charge in [0, 0.05) is 43.5 Å². The minimum Gasteiger partial charge on any atom is -0.493 e. The van der Waals surface area contributed by atoms with E-state index in [1.54, 1.807) is 18.7 Å². The predicted molar refractivity (Wildman–Crippen MR) is 241 cm³/mol. The van der Waals surface area contributed by atoms with Crippen molar-refractivity contribution in [3.05, 3.63) is 117 Å². The second kappa shape index (κ2) is 19.4. The monoisotopic (exact) mass is 848 g/mol. The van der Waals surface area contributed by atoms with Crippen LogP contribution < -0.4 is 30.3 Å². The molecule has 0 aliphatic carbocycles. The highest BCUT2D eigenvalue weighted by Crippen LogP contribution is 2.36. The van der Waals surface area contributed by atoms with Gasteiger partial charge in [-0.3, -0.25) is 28.8 Å². The van der Waals surface area contributed by atoms with E-state index in [4.69, 9.17) is 21.1 Å². The van der Waals surface area contributed by atoms with Crippen LogP contribution in [0.2, 0.25) is 5.02 Å². The predicted octanol–water partition coefficient (Wildman–Crippen LogP) is 7.32. The molecule has 0 radical (unpaired) electrons. The third kappa shape index (κ3) is 10.3. The smallest absolute Gasteiger partial charge is 0.329 e. The molecule has 3 aliphatic heterocycles.